The van der Waals surface area contributed by atoms with Crippen LogP contribution in [0.25, 0.3) is 0 Å². The van der Waals surface area contributed by atoms with Gasteiger partial charge in [-0.25, -0.2) is 0 Å². The minimum Gasteiger partial charge on any atom is -0.396 e. The zero-order chi connectivity index (χ0) is 19.2. The van der Waals surface area contributed by atoms with E-state index in [0.717, 1.165) is 25.3 Å². The molecular formula is C17H21N3O5S. The van der Waals surface area contributed by atoms with E-state index in [1.807, 2.05) is 11.0 Å². The molecule has 8 nitrogen and oxygen atoms in total. The number of carbonyl (C=O) groups is 1. The van der Waals surface area contributed by atoms with E-state index in [4.69, 9.17) is 9.66 Å². The van der Waals surface area contributed by atoms with Gasteiger partial charge in [-0.3, -0.25) is 9.35 Å². The molecule has 26 heavy (non-hydrogen) atoms. The molecule has 1 saturated heterocycles. The summed E-state index contributed by atoms with van der Waals surface area (Å²) >= 11 is 0. The molecule has 0 spiro atoms. The van der Waals surface area contributed by atoms with Gasteiger partial charge in [0.15, 0.2) is 0 Å². The molecule has 1 atom stereocenters. The van der Waals surface area contributed by atoms with Gasteiger partial charge in [0.05, 0.1) is 4.90 Å². The number of benzene rings is 1. The summed E-state index contributed by atoms with van der Waals surface area (Å²) < 4.78 is 31.4. The Morgan fingerprint density at radius 3 is 2.85 bits per heavy atom. The van der Waals surface area contributed by atoms with Crippen molar-refractivity contribution in [3.8, 4) is 6.07 Å². The Morgan fingerprint density at radius 1 is 1.42 bits per heavy atom. The second-order valence-electron chi connectivity index (χ2n) is 6.01. The summed E-state index contributed by atoms with van der Waals surface area (Å²) in [7, 11) is -4.39. The Kier molecular flexibility index (Phi) is 6.74. The van der Waals surface area contributed by atoms with Crippen LogP contribution in [0.5, 0.6) is 0 Å². The highest BCUT2D eigenvalue weighted by Gasteiger charge is 2.21. The van der Waals surface area contributed by atoms with Crippen molar-refractivity contribution < 1.29 is 22.9 Å². The Morgan fingerprint density at radius 2 is 2.19 bits per heavy atom. The van der Waals surface area contributed by atoms with Gasteiger partial charge in [0.2, 0.25) is 0 Å². The number of nitrogens with one attached hydrogen (secondary N) is 1. The van der Waals surface area contributed by atoms with Crippen LogP contribution in [0.3, 0.4) is 0 Å². The lowest BCUT2D eigenvalue weighted by Crippen LogP contribution is -2.37. The first-order valence-corrected chi connectivity index (χ1v) is 9.66. The maximum absolute atomic E-state index is 12.4. The third-order valence-electron chi connectivity index (χ3n) is 4.18. The number of hydrogen-bond acceptors (Lipinski definition) is 6. The smallest absolute Gasteiger partial charge is 0.294 e. The molecule has 0 aliphatic carbocycles. The number of amides is 1. The highest BCUT2D eigenvalue weighted by molar-refractivity contribution is 7.85. The van der Waals surface area contributed by atoms with Crippen molar-refractivity contribution in [2.75, 3.05) is 18.5 Å². The average molecular weight is 379 g/mol. The van der Waals surface area contributed by atoms with Gasteiger partial charge < -0.3 is 15.3 Å². The van der Waals surface area contributed by atoms with Crippen molar-refractivity contribution in [1.29, 1.82) is 5.26 Å². The van der Waals surface area contributed by atoms with Gasteiger partial charge in [-0.2, -0.15) is 13.7 Å². The molecule has 9 heteroatoms. The van der Waals surface area contributed by atoms with E-state index >= 15 is 0 Å². The lowest BCUT2D eigenvalue weighted by Gasteiger charge is -2.34. The number of aliphatic hydroxyl groups excluding tert-OH is 1. The molecule has 1 fully saturated rings. The number of nitriles is 1. The predicted octanol–water partition coefficient (Wildman–Crippen LogP) is 1.52. The Balaban J connectivity index is 2.17. The van der Waals surface area contributed by atoms with Crippen LogP contribution in [0.4, 0.5) is 5.69 Å². The maximum Gasteiger partial charge on any atom is 0.294 e. The van der Waals surface area contributed by atoms with Gasteiger partial charge in [-0.15, -0.1) is 0 Å². The van der Waals surface area contributed by atoms with Gasteiger partial charge in [0.25, 0.3) is 16.0 Å². The fourth-order valence-corrected chi connectivity index (χ4v) is 3.42. The maximum atomic E-state index is 12.4. The van der Waals surface area contributed by atoms with Gasteiger partial charge in [0, 0.05) is 31.1 Å². The molecule has 140 valence electrons. The summed E-state index contributed by atoms with van der Waals surface area (Å²) in [4.78, 5) is 13.9. The average Bonchev–Trinajstić information content (AvgIpc) is 2.60. The summed E-state index contributed by atoms with van der Waals surface area (Å²) in [6.07, 6.45) is 4.91. The molecule has 1 aliphatic rings. The zero-order valence-electron chi connectivity index (χ0n) is 14.1. The zero-order valence-corrected chi connectivity index (χ0v) is 14.9. The van der Waals surface area contributed by atoms with Crippen LogP contribution in [0.1, 0.15) is 25.7 Å². The molecule has 0 bridgehead atoms. The molecule has 1 aromatic carbocycles. The van der Waals surface area contributed by atoms with Crippen molar-refractivity contribution in [2.45, 2.75) is 36.6 Å². The number of aliphatic hydroxyl groups is 1. The van der Waals surface area contributed by atoms with E-state index in [1.165, 1.54) is 24.4 Å². The van der Waals surface area contributed by atoms with E-state index in [1.54, 1.807) is 0 Å². The normalized spacial score (nSPS) is 18.3. The Labute approximate surface area is 152 Å². The largest absolute Gasteiger partial charge is 0.396 e. The fraction of sp³-hybridized carbons (Fsp3) is 0.412. The highest BCUT2D eigenvalue weighted by atomic mass is 32.2. The topological polar surface area (TPSA) is 131 Å². The second kappa shape index (κ2) is 8.80. The molecule has 0 aromatic heterocycles. The highest BCUT2D eigenvalue weighted by Crippen LogP contribution is 2.21. The summed E-state index contributed by atoms with van der Waals surface area (Å²) in [6, 6.07) is 7.06. The van der Waals surface area contributed by atoms with Crippen LogP contribution in [-0.4, -0.2) is 48.1 Å². The summed E-state index contributed by atoms with van der Waals surface area (Å²) in [6.45, 7) is 0.729. The van der Waals surface area contributed by atoms with E-state index in [-0.39, 0.29) is 28.8 Å². The van der Waals surface area contributed by atoms with Crippen LogP contribution in [0.15, 0.2) is 40.9 Å². The summed E-state index contributed by atoms with van der Waals surface area (Å²) in [5.74, 6) is -0.673. The first-order valence-electron chi connectivity index (χ1n) is 8.22. The third kappa shape index (κ3) is 5.29. The van der Waals surface area contributed by atoms with Gasteiger partial charge in [-0.1, -0.05) is 6.07 Å². The number of nitrogens with zero attached hydrogens (tertiary/aromatic N) is 2. The number of piperidine rings is 1. The second-order valence-corrected chi connectivity index (χ2v) is 7.43. The number of anilines is 1. The number of hydrogen-bond donors (Lipinski definition) is 3. The van der Waals surface area contributed by atoms with E-state index in [2.05, 4.69) is 5.32 Å². The van der Waals surface area contributed by atoms with Crippen molar-refractivity contribution in [2.24, 2.45) is 0 Å². The molecule has 3 N–H and O–H groups in total. The minimum atomic E-state index is -4.39. The van der Waals surface area contributed by atoms with E-state index < -0.39 is 16.0 Å². The van der Waals surface area contributed by atoms with Crippen molar-refractivity contribution >= 4 is 21.7 Å². The van der Waals surface area contributed by atoms with E-state index in [0.29, 0.717) is 13.0 Å². The van der Waals surface area contributed by atoms with Gasteiger partial charge in [-0.05, 0) is 43.9 Å². The number of rotatable bonds is 6. The van der Waals surface area contributed by atoms with Crippen LogP contribution in [0.2, 0.25) is 0 Å². The van der Waals surface area contributed by atoms with Crippen molar-refractivity contribution in [3.63, 3.8) is 0 Å². The van der Waals surface area contributed by atoms with E-state index in [9.17, 15) is 18.5 Å². The van der Waals surface area contributed by atoms with Gasteiger partial charge >= 0.3 is 0 Å². The number of carbonyl (C=O) groups excluding carboxylic acids is 1. The molecule has 0 radical (unpaired) electrons. The molecule has 1 unspecified atom stereocenters. The number of likely N-dealkylation sites (tertiary alicyclic amines) is 1. The molecule has 1 aliphatic heterocycles. The fourth-order valence-electron chi connectivity index (χ4n) is 2.89. The summed E-state index contributed by atoms with van der Waals surface area (Å²) in [5.41, 5.74) is 0.0314. The Bertz CT molecular complexity index is 827. The van der Waals surface area contributed by atoms with Crippen molar-refractivity contribution in [3.05, 3.63) is 36.0 Å². The van der Waals surface area contributed by atoms with Crippen LogP contribution >= 0.6 is 0 Å². The SMILES string of the molecule is N#C/C(=C/N1CCCCC1CCO)C(=O)Nc1cccc(S(=O)(=O)O)c1. The molecule has 1 amide bonds. The molecule has 0 saturated carbocycles. The quantitative estimate of drug-likeness (QED) is 0.388. The van der Waals surface area contributed by atoms with Crippen LogP contribution < -0.4 is 5.32 Å². The van der Waals surface area contributed by atoms with Crippen LogP contribution in [-0.2, 0) is 14.9 Å². The van der Waals surface area contributed by atoms with Gasteiger partial charge in [0.1, 0.15) is 11.6 Å². The molecule has 1 aromatic rings. The first-order chi connectivity index (χ1) is 12.3. The van der Waals surface area contributed by atoms with Crippen LogP contribution in [0, 0.1) is 11.3 Å². The lowest BCUT2D eigenvalue weighted by molar-refractivity contribution is -0.112. The standard InChI is InChI=1S/C17H21N3O5S/c18-11-13(12-20-8-2-1-5-15(20)7-9-21)17(22)19-14-4-3-6-16(10-14)26(23,24)25/h3-4,6,10,12,15,21H,1-2,5,7-9H2,(H,19,22)(H,23,24,25)/b13-12-. The summed E-state index contributed by atoms with van der Waals surface area (Å²) in [5, 5.41) is 20.9. The van der Waals surface area contributed by atoms with Crippen molar-refractivity contribution in [1.82, 2.24) is 4.90 Å². The Hall–Kier alpha value is -2.41. The third-order valence-corrected chi connectivity index (χ3v) is 5.03. The lowest BCUT2D eigenvalue weighted by atomic mass is 10.00. The first kappa shape index (κ1) is 19.9. The molecular weight excluding hydrogens is 358 g/mol. The predicted molar refractivity (Wildman–Crippen MR) is 94.6 cm³/mol. The monoisotopic (exact) mass is 379 g/mol. The minimum absolute atomic E-state index is 0.0332. The molecule has 2 rings (SSSR count). The molecule has 1 heterocycles.